The molecule has 0 bridgehead atoms. The van der Waals surface area contributed by atoms with Gasteiger partial charge in [0.25, 0.3) is 0 Å². The highest BCUT2D eigenvalue weighted by atomic mass is 19.1. The Morgan fingerprint density at radius 2 is 1.78 bits per heavy atom. The zero-order valence-corrected chi connectivity index (χ0v) is 13.3. The fourth-order valence-electron chi connectivity index (χ4n) is 2.82. The zero-order valence-electron chi connectivity index (χ0n) is 13.3. The van der Waals surface area contributed by atoms with Crippen LogP contribution in [-0.2, 0) is 17.7 Å². The molecule has 122 valence electrons. The van der Waals surface area contributed by atoms with Gasteiger partial charge < -0.3 is 15.0 Å². The van der Waals surface area contributed by atoms with E-state index in [0.29, 0.717) is 18.9 Å². The Hall–Kier alpha value is -1.91. The van der Waals surface area contributed by atoms with Crippen molar-refractivity contribution in [1.82, 2.24) is 5.32 Å². The van der Waals surface area contributed by atoms with Crippen molar-refractivity contribution < 1.29 is 9.13 Å². The summed E-state index contributed by atoms with van der Waals surface area (Å²) in [4.78, 5) is 2.06. The molecule has 1 saturated heterocycles. The maximum absolute atomic E-state index is 14.1. The summed E-state index contributed by atoms with van der Waals surface area (Å²) in [6, 6.07) is 15.8. The molecule has 3 rings (SSSR count). The SMILES string of the molecule is Fc1ccc(CNCCc2ccccc2)cc1N1CCOCC1. The van der Waals surface area contributed by atoms with Crippen molar-refractivity contribution >= 4 is 5.69 Å². The molecule has 1 heterocycles. The van der Waals surface area contributed by atoms with Crippen LogP contribution in [-0.4, -0.2) is 32.8 Å². The third-order valence-electron chi connectivity index (χ3n) is 4.12. The van der Waals surface area contributed by atoms with E-state index in [4.69, 9.17) is 4.74 Å². The lowest BCUT2D eigenvalue weighted by molar-refractivity contribution is 0.122. The van der Waals surface area contributed by atoms with Crippen LogP contribution in [0.2, 0.25) is 0 Å². The number of nitrogens with one attached hydrogen (secondary N) is 1. The van der Waals surface area contributed by atoms with E-state index >= 15 is 0 Å². The van der Waals surface area contributed by atoms with E-state index in [9.17, 15) is 4.39 Å². The van der Waals surface area contributed by atoms with Gasteiger partial charge in [-0.3, -0.25) is 0 Å². The van der Waals surface area contributed by atoms with E-state index in [2.05, 4.69) is 34.5 Å². The predicted octanol–water partition coefficient (Wildman–Crippen LogP) is 2.99. The Kier molecular flexibility index (Phi) is 5.61. The number of halogens is 1. The van der Waals surface area contributed by atoms with E-state index in [1.54, 1.807) is 6.07 Å². The molecule has 1 aliphatic rings. The summed E-state index contributed by atoms with van der Waals surface area (Å²) in [5.41, 5.74) is 3.13. The smallest absolute Gasteiger partial charge is 0.146 e. The molecule has 2 aromatic rings. The maximum atomic E-state index is 14.1. The molecule has 0 atom stereocenters. The minimum Gasteiger partial charge on any atom is -0.378 e. The molecule has 0 aliphatic carbocycles. The Labute approximate surface area is 137 Å². The molecule has 1 fully saturated rings. The average Bonchev–Trinajstić information content (AvgIpc) is 2.62. The van der Waals surface area contributed by atoms with Gasteiger partial charge >= 0.3 is 0 Å². The molecule has 0 saturated carbocycles. The van der Waals surface area contributed by atoms with Crippen LogP contribution in [0.15, 0.2) is 48.5 Å². The first-order valence-corrected chi connectivity index (χ1v) is 8.19. The molecule has 0 radical (unpaired) electrons. The molecular formula is C19H23FN2O. The Morgan fingerprint density at radius 3 is 2.57 bits per heavy atom. The van der Waals surface area contributed by atoms with Crippen LogP contribution in [0.5, 0.6) is 0 Å². The van der Waals surface area contributed by atoms with E-state index in [1.807, 2.05) is 18.2 Å². The number of rotatable bonds is 6. The quantitative estimate of drug-likeness (QED) is 0.830. The third-order valence-corrected chi connectivity index (χ3v) is 4.12. The summed E-state index contributed by atoms with van der Waals surface area (Å²) in [6.07, 6.45) is 0.998. The van der Waals surface area contributed by atoms with E-state index in [1.165, 1.54) is 5.56 Å². The molecule has 1 aliphatic heterocycles. The molecule has 2 aromatic carbocycles. The Balaban J connectivity index is 1.53. The molecule has 0 spiro atoms. The lowest BCUT2D eigenvalue weighted by atomic mass is 10.1. The number of anilines is 1. The Morgan fingerprint density at radius 1 is 1.00 bits per heavy atom. The van der Waals surface area contributed by atoms with Gasteiger partial charge in [0.2, 0.25) is 0 Å². The van der Waals surface area contributed by atoms with Crippen LogP contribution in [0, 0.1) is 5.82 Å². The molecule has 0 aromatic heterocycles. The van der Waals surface area contributed by atoms with Crippen molar-refractivity contribution in [3.8, 4) is 0 Å². The predicted molar refractivity (Wildman–Crippen MR) is 91.3 cm³/mol. The van der Waals surface area contributed by atoms with Crippen molar-refractivity contribution in [1.29, 1.82) is 0 Å². The second-order valence-electron chi connectivity index (χ2n) is 5.80. The number of hydrogen-bond acceptors (Lipinski definition) is 3. The average molecular weight is 314 g/mol. The molecule has 0 unspecified atom stereocenters. The highest BCUT2D eigenvalue weighted by Crippen LogP contribution is 2.22. The molecular weight excluding hydrogens is 291 g/mol. The summed E-state index contributed by atoms with van der Waals surface area (Å²) < 4.78 is 19.4. The molecule has 23 heavy (non-hydrogen) atoms. The van der Waals surface area contributed by atoms with Gasteiger partial charge in [-0.1, -0.05) is 36.4 Å². The van der Waals surface area contributed by atoms with Crippen LogP contribution in [0.25, 0.3) is 0 Å². The highest BCUT2D eigenvalue weighted by Gasteiger charge is 2.15. The van der Waals surface area contributed by atoms with Gasteiger partial charge in [-0.2, -0.15) is 0 Å². The van der Waals surface area contributed by atoms with Gasteiger partial charge in [0.15, 0.2) is 0 Å². The van der Waals surface area contributed by atoms with E-state index < -0.39 is 0 Å². The first-order chi connectivity index (χ1) is 11.3. The van der Waals surface area contributed by atoms with Crippen LogP contribution in [0.1, 0.15) is 11.1 Å². The topological polar surface area (TPSA) is 24.5 Å². The number of benzene rings is 2. The summed E-state index contributed by atoms with van der Waals surface area (Å²) in [7, 11) is 0. The minimum absolute atomic E-state index is 0.153. The number of ether oxygens (including phenoxy) is 1. The van der Waals surface area contributed by atoms with Crippen molar-refractivity contribution in [3.05, 3.63) is 65.5 Å². The summed E-state index contributed by atoms with van der Waals surface area (Å²) in [5.74, 6) is -0.153. The monoisotopic (exact) mass is 314 g/mol. The largest absolute Gasteiger partial charge is 0.378 e. The van der Waals surface area contributed by atoms with E-state index in [-0.39, 0.29) is 5.82 Å². The van der Waals surface area contributed by atoms with Gasteiger partial charge in [-0.15, -0.1) is 0 Å². The number of nitrogens with zero attached hydrogens (tertiary/aromatic N) is 1. The standard InChI is InChI=1S/C19H23FN2O/c20-18-7-6-17(14-19(18)22-10-12-23-13-11-22)15-21-9-8-16-4-2-1-3-5-16/h1-7,14,21H,8-13,15H2. The first-order valence-electron chi connectivity index (χ1n) is 8.19. The van der Waals surface area contributed by atoms with Crippen molar-refractivity contribution in [3.63, 3.8) is 0 Å². The normalized spacial score (nSPS) is 14.9. The zero-order chi connectivity index (χ0) is 15.9. The van der Waals surface area contributed by atoms with Crippen molar-refractivity contribution in [2.45, 2.75) is 13.0 Å². The summed E-state index contributed by atoms with van der Waals surface area (Å²) in [6.45, 7) is 4.50. The molecule has 1 N–H and O–H groups in total. The fourth-order valence-corrected chi connectivity index (χ4v) is 2.82. The molecule has 0 amide bonds. The minimum atomic E-state index is -0.153. The summed E-state index contributed by atoms with van der Waals surface area (Å²) >= 11 is 0. The molecule has 3 nitrogen and oxygen atoms in total. The lowest BCUT2D eigenvalue weighted by Gasteiger charge is -2.29. The van der Waals surface area contributed by atoms with Gasteiger partial charge in [0.1, 0.15) is 5.82 Å². The van der Waals surface area contributed by atoms with Crippen molar-refractivity contribution in [2.24, 2.45) is 0 Å². The lowest BCUT2D eigenvalue weighted by Crippen LogP contribution is -2.36. The highest BCUT2D eigenvalue weighted by molar-refractivity contribution is 5.50. The van der Waals surface area contributed by atoms with Crippen LogP contribution >= 0.6 is 0 Å². The van der Waals surface area contributed by atoms with Gasteiger partial charge in [-0.05, 0) is 36.2 Å². The van der Waals surface area contributed by atoms with Gasteiger partial charge in [-0.25, -0.2) is 4.39 Å². The second-order valence-corrected chi connectivity index (χ2v) is 5.80. The molecule has 4 heteroatoms. The van der Waals surface area contributed by atoms with E-state index in [0.717, 1.165) is 38.2 Å². The van der Waals surface area contributed by atoms with Crippen LogP contribution in [0.3, 0.4) is 0 Å². The van der Waals surface area contributed by atoms with Gasteiger partial charge in [0.05, 0.1) is 18.9 Å². The Bertz CT molecular complexity index is 612. The van der Waals surface area contributed by atoms with Crippen molar-refractivity contribution in [2.75, 3.05) is 37.7 Å². The summed E-state index contributed by atoms with van der Waals surface area (Å²) in [5, 5.41) is 3.43. The number of morpholine rings is 1. The second kappa shape index (κ2) is 8.09. The number of hydrogen-bond donors (Lipinski definition) is 1. The first kappa shape index (κ1) is 16.0. The maximum Gasteiger partial charge on any atom is 0.146 e. The van der Waals surface area contributed by atoms with Crippen LogP contribution < -0.4 is 10.2 Å². The third kappa shape index (κ3) is 4.53. The van der Waals surface area contributed by atoms with Gasteiger partial charge in [0, 0.05) is 19.6 Å². The fraction of sp³-hybridized carbons (Fsp3) is 0.368. The van der Waals surface area contributed by atoms with Crippen LogP contribution in [0.4, 0.5) is 10.1 Å².